The lowest BCUT2D eigenvalue weighted by atomic mass is 10.2. The Hall–Kier alpha value is -2.36. The third-order valence-corrected chi connectivity index (χ3v) is 2.72. The standard InChI is InChI=1S/C16H16O4/c1-16(2,3)20-15(19)13-8-11-6-4-10(14(17)18)5-7-12(11)9-13/h4-9H,1-3H3,(H,17,18). The average Bonchev–Trinajstić information content (AvgIpc) is 2.60. The van der Waals surface area contributed by atoms with E-state index >= 15 is 0 Å². The summed E-state index contributed by atoms with van der Waals surface area (Å²) in [4.78, 5) is 22.9. The van der Waals surface area contributed by atoms with Crippen LogP contribution in [0.3, 0.4) is 0 Å². The normalized spacial score (nSPS) is 11.3. The fourth-order valence-electron chi connectivity index (χ4n) is 1.84. The Kier molecular flexibility index (Phi) is 3.49. The summed E-state index contributed by atoms with van der Waals surface area (Å²) < 4.78 is 5.31. The highest BCUT2D eigenvalue weighted by molar-refractivity contribution is 5.95. The van der Waals surface area contributed by atoms with Gasteiger partial charge in [-0.25, -0.2) is 9.59 Å². The number of hydrogen-bond acceptors (Lipinski definition) is 3. The summed E-state index contributed by atoms with van der Waals surface area (Å²) in [7, 11) is 0. The smallest absolute Gasteiger partial charge is 0.338 e. The van der Waals surface area contributed by atoms with Gasteiger partial charge in [0.2, 0.25) is 0 Å². The SMILES string of the molecule is CC(C)(C)OC(=O)c1cc2ccc(C(=O)O)ccc-2c1. The van der Waals surface area contributed by atoms with Crippen molar-refractivity contribution in [2.45, 2.75) is 26.4 Å². The van der Waals surface area contributed by atoms with E-state index in [2.05, 4.69) is 0 Å². The number of hydrogen-bond donors (Lipinski definition) is 1. The van der Waals surface area contributed by atoms with Gasteiger partial charge >= 0.3 is 11.9 Å². The summed E-state index contributed by atoms with van der Waals surface area (Å²) in [6.45, 7) is 5.44. The van der Waals surface area contributed by atoms with Gasteiger partial charge < -0.3 is 9.84 Å². The lowest BCUT2D eigenvalue weighted by molar-refractivity contribution is 0.00698. The highest BCUT2D eigenvalue weighted by atomic mass is 16.6. The van der Waals surface area contributed by atoms with Crippen LogP contribution in [0.15, 0.2) is 36.4 Å². The Bertz CT molecular complexity index is 604. The molecular weight excluding hydrogens is 256 g/mol. The average molecular weight is 272 g/mol. The Morgan fingerprint density at radius 2 is 1.45 bits per heavy atom. The molecule has 2 rings (SSSR count). The van der Waals surface area contributed by atoms with Crippen LogP contribution in [0, 0.1) is 0 Å². The van der Waals surface area contributed by atoms with Gasteiger partial charge in [-0.15, -0.1) is 0 Å². The summed E-state index contributed by atoms with van der Waals surface area (Å²) in [5.74, 6) is -1.36. The number of carboxylic acid groups (broad SMARTS) is 1. The molecule has 0 unspecified atom stereocenters. The first-order valence-electron chi connectivity index (χ1n) is 6.27. The van der Waals surface area contributed by atoms with Crippen LogP contribution < -0.4 is 0 Å². The van der Waals surface area contributed by atoms with Crippen molar-refractivity contribution in [2.75, 3.05) is 0 Å². The first-order chi connectivity index (χ1) is 9.26. The van der Waals surface area contributed by atoms with E-state index in [1.54, 1.807) is 24.3 Å². The third kappa shape index (κ3) is 3.15. The highest BCUT2D eigenvalue weighted by Gasteiger charge is 2.20. The fourth-order valence-corrected chi connectivity index (χ4v) is 1.84. The summed E-state index contributed by atoms with van der Waals surface area (Å²) in [5, 5.41) is 8.94. The number of ether oxygens (including phenoxy) is 1. The number of carbonyl (C=O) groups excluding carboxylic acids is 1. The van der Waals surface area contributed by atoms with Gasteiger partial charge in [-0.2, -0.15) is 0 Å². The monoisotopic (exact) mass is 272 g/mol. The van der Waals surface area contributed by atoms with Crippen LogP contribution in [0.25, 0.3) is 11.1 Å². The van der Waals surface area contributed by atoms with E-state index in [-0.39, 0.29) is 11.5 Å². The molecule has 0 heterocycles. The molecule has 0 amide bonds. The van der Waals surface area contributed by atoms with Crippen LogP contribution in [-0.4, -0.2) is 22.6 Å². The van der Waals surface area contributed by atoms with E-state index in [1.807, 2.05) is 20.8 Å². The molecule has 0 atom stereocenters. The molecular formula is C16H16O4. The van der Waals surface area contributed by atoms with Crippen molar-refractivity contribution in [1.29, 1.82) is 0 Å². The van der Waals surface area contributed by atoms with Crippen molar-refractivity contribution < 1.29 is 19.4 Å². The topological polar surface area (TPSA) is 63.6 Å². The maximum atomic E-state index is 12.0. The Labute approximate surface area is 117 Å². The molecule has 0 spiro atoms. The summed E-state index contributed by atoms with van der Waals surface area (Å²) in [6.07, 6.45) is 0. The molecule has 0 radical (unpaired) electrons. The lowest BCUT2D eigenvalue weighted by Crippen LogP contribution is -2.23. The predicted molar refractivity (Wildman–Crippen MR) is 75.2 cm³/mol. The summed E-state index contributed by atoms with van der Waals surface area (Å²) in [5.41, 5.74) is 1.75. The fraction of sp³-hybridized carbons (Fsp3) is 0.250. The van der Waals surface area contributed by atoms with Crippen LogP contribution in [0.4, 0.5) is 0 Å². The van der Waals surface area contributed by atoms with Crippen LogP contribution >= 0.6 is 0 Å². The van der Waals surface area contributed by atoms with Crippen LogP contribution in [-0.2, 0) is 4.74 Å². The number of carboxylic acids is 1. The minimum absolute atomic E-state index is 0.208. The zero-order valence-electron chi connectivity index (χ0n) is 11.6. The molecule has 2 aliphatic carbocycles. The third-order valence-electron chi connectivity index (χ3n) is 2.72. The number of aromatic carboxylic acids is 1. The zero-order chi connectivity index (χ0) is 14.9. The van der Waals surface area contributed by atoms with E-state index in [9.17, 15) is 9.59 Å². The second-order valence-corrected chi connectivity index (χ2v) is 5.58. The van der Waals surface area contributed by atoms with Crippen molar-refractivity contribution in [3.63, 3.8) is 0 Å². The Morgan fingerprint density at radius 3 is 1.85 bits per heavy atom. The Balaban J connectivity index is 2.36. The quantitative estimate of drug-likeness (QED) is 0.850. The van der Waals surface area contributed by atoms with Crippen molar-refractivity contribution >= 4 is 11.9 Å². The maximum Gasteiger partial charge on any atom is 0.338 e. The first-order valence-corrected chi connectivity index (χ1v) is 6.27. The summed E-state index contributed by atoms with van der Waals surface area (Å²) in [6, 6.07) is 9.82. The van der Waals surface area contributed by atoms with Gasteiger partial charge in [0.25, 0.3) is 0 Å². The molecule has 0 aromatic rings. The first kappa shape index (κ1) is 14.1. The molecule has 2 aliphatic rings. The van der Waals surface area contributed by atoms with Gasteiger partial charge in [0, 0.05) is 0 Å². The van der Waals surface area contributed by atoms with Gasteiger partial charge in [0.1, 0.15) is 5.60 Å². The van der Waals surface area contributed by atoms with Crippen LogP contribution in [0.1, 0.15) is 41.5 Å². The summed E-state index contributed by atoms with van der Waals surface area (Å²) >= 11 is 0. The van der Waals surface area contributed by atoms with E-state index in [0.29, 0.717) is 5.56 Å². The molecule has 4 nitrogen and oxygen atoms in total. The van der Waals surface area contributed by atoms with Crippen molar-refractivity contribution in [1.82, 2.24) is 0 Å². The van der Waals surface area contributed by atoms with Crippen molar-refractivity contribution in [3.8, 4) is 11.1 Å². The zero-order valence-corrected chi connectivity index (χ0v) is 11.6. The van der Waals surface area contributed by atoms with Crippen molar-refractivity contribution in [2.24, 2.45) is 0 Å². The molecule has 0 saturated heterocycles. The van der Waals surface area contributed by atoms with Gasteiger partial charge in [-0.05, 0) is 56.2 Å². The Morgan fingerprint density at radius 1 is 0.950 bits per heavy atom. The molecule has 0 aromatic carbocycles. The van der Waals surface area contributed by atoms with Gasteiger partial charge in [-0.1, -0.05) is 12.1 Å². The number of esters is 1. The lowest BCUT2D eigenvalue weighted by Gasteiger charge is -2.18. The van der Waals surface area contributed by atoms with Gasteiger partial charge in [0.05, 0.1) is 11.1 Å². The number of fused-ring (bicyclic) bond motifs is 1. The molecule has 104 valence electrons. The van der Waals surface area contributed by atoms with Crippen LogP contribution in [0.2, 0.25) is 0 Å². The van der Waals surface area contributed by atoms with Crippen molar-refractivity contribution in [3.05, 3.63) is 47.5 Å². The predicted octanol–water partition coefficient (Wildman–Crippen LogP) is 3.44. The molecule has 0 fully saturated rings. The second-order valence-electron chi connectivity index (χ2n) is 5.58. The van der Waals surface area contributed by atoms with E-state index < -0.39 is 11.6 Å². The maximum absolute atomic E-state index is 12.0. The minimum Gasteiger partial charge on any atom is -0.478 e. The molecule has 0 aliphatic heterocycles. The molecule has 0 bridgehead atoms. The largest absolute Gasteiger partial charge is 0.478 e. The van der Waals surface area contributed by atoms with Crippen LogP contribution in [0.5, 0.6) is 0 Å². The molecule has 0 saturated carbocycles. The van der Waals surface area contributed by atoms with Gasteiger partial charge in [-0.3, -0.25) is 0 Å². The second kappa shape index (κ2) is 4.96. The molecule has 1 N–H and O–H groups in total. The number of rotatable bonds is 2. The highest BCUT2D eigenvalue weighted by Crippen LogP contribution is 2.27. The van der Waals surface area contributed by atoms with E-state index in [0.717, 1.165) is 11.1 Å². The minimum atomic E-state index is -0.977. The van der Waals surface area contributed by atoms with E-state index in [1.165, 1.54) is 12.1 Å². The molecule has 4 heteroatoms. The number of carbonyl (C=O) groups is 2. The molecule has 0 aromatic heterocycles. The molecule has 20 heavy (non-hydrogen) atoms. The van der Waals surface area contributed by atoms with Gasteiger partial charge in [0.15, 0.2) is 0 Å². The van der Waals surface area contributed by atoms with E-state index in [4.69, 9.17) is 9.84 Å².